The van der Waals surface area contributed by atoms with Gasteiger partial charge in [0.25, 0.3) is 0 Å². The molecule has 1 heterocycles. The molecular formula is C15H21NOS. The van der Waals surface area contributed by atoms with Crippen LogP contribution in [0.15, 0.2) is 24.3 Å². The van der Waals surface area contributed by atoms with Crippen molar-refractivity contribution in [3.63, 3.8) is 0 Å². The summed E-state index contributed by atoms with van der Waals surface area (Å²) in [6.45, 7) is 7.13. The zero-order chi connectivity index (χ0) is 13.0. The largest absolute Gasteiger partial charge is 0.493 e. The van der Waals surface area contributed by atoms with Crippen LogP contribution in [0, 0.1) is 5.92 Å². The third-order valence-electron chi connectivity index (χ3n) is 3.49. The first-order valence-corrected chi connectivity index (χ1v) is 7.14. The van der Waals surface area contributed by atoms with Gasteiger partial charge in [-0.15, -0.1) is 0 Å². The minimum Gasteiger partial charge on any atom is -0.493 e. The molecule has 0 saturated carbocycles. The average Bonchev–Trinajstić information content (AvgIpc) is 2.40. The molecule has 18 heavy (non-hydrogen) atoms. The van der Waals surface area contributed by atoms with Crippen LogP contribution in [-0.4, -0.2) is 29.6 Å². The van der Waals surface area contributed by atoms with Crippen molar-refractivity contribution in [2.24, 2.45) is 5.92 Å². The van der Waals surface area contributed by atoms with Crippen molar-refractivity contribution >= 4 is 17.2 Å². The van der Waals surface area contributed by atoms with Crippen LogP contribution in [0.3, 0.4) is 0 Å². The Hall–Kier alpha value is -1.09. The van der Waals surface area contributed by atoms with Gasteiger partial charge in [-0.1, -0.05) is 31.3 Å². The molecule has 1 aliphatic heterocycles. The molecule has 0 aliphatic carbocycles. The van der Waals surface area contributed by atoms with E-state index in [9.17, 15) is 0 Å². The lowest BCUT2D eigenvalue weighted by atomic mass is 9.99. The average molecular weight is 263 g/mol. The van der Waals surface area contributed by atoms with Crippen molar-refractivity contribution < 1.29 is 4.74 Å². The topological polar surface area (TPSA) is 12.5 Å². The highest BCUT2D eigenvalue weighted by molar-refractivity contribution is 7.80. The van der Waals surface area contributed by atoms with Gasteiger partial charge in [-0.2, -0.15) is 0 Å². The maximum absolute atomic E-state index is 5.66. The van der Waals surface area contributed by atoms with Crippen molar-refractivity contribution in [1.29, 1.82) is 0 Å². The number of thiocarbonyl (C=S) groups is 1. The SMILES string of the molecule is CCOc1ccccc1C(=S)N1CCC(C)CC1. The van der Waals surface area contributed by atoms with E-state index in [1.807, 2.05) is 25.1 Å². The van der Waals surface area contributed by atoms with E-state index in [1.165, 1.54) is 12.8 Å². The van der Waals surface area contributed by atoms with Crippen LogP contribution in [-0.2, 0) is 0 Å². The van der Waals surface area contributed by atoms with E-state index >= 15 is 0 Å². The first kappa shape index (κ1) is 13.3. The van der Waals surface area contributed by atoms with Crippen LogP contribution in [0.1, 0.15) is 32.3 Å². The molecule has 0 bridgehead atoms. The number of likely N-dealkylation sites (tertiary alicyclic amines) is 1. The highest BCUT2D eigenvalue weighted by atomic mass is 32.1. The van der Waals surface area contributed by atoms with Crippen LogP contribution < -0.4 is 4.74 Å². The quantitative estimate of drug-likeness (QED) is 0.775. The molecule has 0 N–H and O–H groups in total. The molecule has 0 unspecified atom stereocenters. The van der Waals surface area contributed by atoms with Gasteiger partial charge in [-0.3, -0.25) is 0 Å². The van der Waals surface area contributed by atoms with Gasteiger partial charge in [-0.25, -0.2) is 0 Å². The summed E-state index contributed by atoms with van der Waals surface area (Å²) in [6, 6.07) is 8.08. The fraction of sp³-hybridized carbons (Fsp3) is 0.533. The molecule has 1 aliphatic rings. The zero-order valence-electron chi connectivity index (χ0n) is 11.2. The molecule has 2 rings (SSSR count). The second kappa shape index (κ2) is 6.19. The summed E-state index contributed by atoms with van der Waals surface area (Å²) in [5.41, 5.74) is 1.06. The molecule has 1 aromatic carbocycles. The smallest absolute Gasteiger partial charge is 0.129 e. The molecule has 0 aromatic heterocycles. The van der Waals surface area contributed by atoms with Crippen molar-refractivity contribution in [2.75, 3.05) is 19.7 Å². The van der Waals surface area contributed by atoms with E-state index in [2.05, 4.69) is 17.9 Å². The third kappa shape index (κ3) is 3.02. The van der Waals surface area contributed by atoms with Gasteiger partial charge in [0.2, 0.25) is 0 Å². The third-order valence-corrected chi connectivity index (χ3v) is 3.97. The Balaban J connectivity index is 2.13. The fourth-order valence-corrected chi connectivity index (χ4v) is 2.66. The van der Waals surface area contributed by atoms with E-state index in [0.717, 1.165) is 35.3 Å². The molecule has 1 aromatic rings. The second-order valence-electron chi connectivity index (χ2n) is 4.90. The van der Waals surface area contributed by atoms with E-state index < -0.39 is 0 Å². The maximum Gasteiger partial charge on any atom is 0.129 e. The van der Waals surface area contributed by atoms with Crippen LogP contribution in [0.5, 0.6) is 5.75 Å². The predicted molar refractivity (Wildman–Crippen MR) is 79.3 cm³/mol. The van der Waals surface area contributed by atoms with E-state index in [1.54, 1.807) is 0 Å². The number of rotatable bonds is 3. The van der Waals surface area contributed by atoms with Crippen LogP contribution in [0.25, 0.3) is 0 Å². The van der Waals surface area contributed by atoms with Gasteiger partial charge in [-0.05, 0) is 37.8 Å². The van der Waals surface area contributed by atoms with Gasteiger partial charge in [0, 0.05) is 13.1 Å². The van der Waals surface area contributed by atoms with Crippen molar-refractivity contribution in [2.45, 2.75) is 26.7 Å². The van der Waals surface area contributed by atoms with Crippen LogP contribution >= 0.6 is 12.2 Å². The minimum absolute atomic E-state index is 0.677. The number of hydrogen-bond donors (Lipinski definition) is 0. The highest BCUT2D eigenvalue weighted by Gasteiger charge is 2.20. The molecule has 98 valence electrons. The van der Waals surface area contributed by atoms with Crippen molar-refractivity contribution in [3.05, 3.63) is 29.8 Å². The van der Waals surface area contributed by atoms with Crippen molar-refractivity contribution in [3.8, 4) is 5.75 Å². The summed E-state index contributed by atoms with van der Waals surface area (Å²) in [4.78, 5) is 3.25. The zero-order valence-corrected chi connectivity index (χ0v) is 12.0. The first-order chi connectivity index (χ1) is 8.72. The van der Waals surface area contributed by atoms with Crippen LogP contribution in [0.4, 0.5) is 0 Å². The van der Waals surface area contributed by atoms with Gasteiger partial charge in [0.05, 0.1) is 12.2 Å². The predicted octanol–water partition coefficient (Wildman–Crippen LogP) is 3.49. The molecule has 0 spiro atoms. The van der Waals surface area contributed by atoms with Crippen molar-refractivity contribution in [1.82, 2.24) is 4.90 Å². The molecule has 1 saturated heterocycles. The summed E-state index contributed by atoms with van der Waals surface area (Å²) in [7, 11) is 0. The molecule has 0 radical (unpaired) electrons. The Bertz CT molecular complexity index is 411. The first-order valence-electron chi connectivity index (χ1n) is 6.73. The van der Waals surface area contributed by atoms with E-state index in [0.29, 0.717) is 6.61 Å². The standard InChI is InChI=1S/C15H21NOS/c1-3-17-14-7-5-4-6-13(14)15(18)16-10-8-12(2)9-11-16/h4-7,12H,3,8-11H2,1-2H3. The lowest BCUT2D eigenvalue weighted by molar-refractivity contribution is 0.283. The Morgan fingerprint density at radius 1 is 1.33 bits per heavy atom. The van der Waals surface area contributed by atoms with Gasteiger partial charge in [0.15, 0.2) is 0 Å². The Kier molecular flexibility index (Phi) is 4.59. The molecule has 2 nitrogen and oxygen atoms in total. The normalized spacial score (nSPS) is 16.7. The van der Waals surface area contributed by atoms with Gasteiger partial charge < -0.3 is 9.64 Å². The van der Waals surface area contributed by atoms with E-state index in [-0.39, 0.29) is 0 Å². The monoisotopic (exact) mass is 263 g/mol. The molecule has 1 fully saturated rings. The van der Waals surface area contributed by atoms with E-state index in [4.69, 9.17) is 17.0 Å². The number of piperidine rings is 1. The number of ether oxygens (including phenoxy) is 1. The minimum atomic E-state index is 0.677. The Labute approximate surface area is 115 Å². The summed E-state index contributed by atoms with van der Waals surface area (Å²) in [6.07, 6.45) is 2.47. The maximum atomic E-state index is 5.66. The van der Waals surface area contributed by atoms with Crippen LogP contribution in [0.2, 0.25) is 0 Å². The lowest BCUT2D eigenvalue weighted by Gasteiger charge is -2.32. The fourth-order valence-electron chi connectivity index (χ4n) is 2.31. The molecule has 0 atom stereocenters. The Morgan fingerprint density at radius 2 is 2.00 bits per heavy atom. The lowest BCUT2D eigenvalue weighted by Crippen LogP contribution is -2.37. The number of para-hydroxylation sites is 1. The summed E-state index contributed by atoms with van der Waals surface area (Å²) in [5, 5.41) is 0. The molecular weight excluding hydrogens is 242 g/mol. The Morgan fingerprint density at radius 3 is 2.67 bits per heavy atom. The molecule has 3 heteroatoms. The molecule has 0 amide bonds. The summed E-state index contributed by atoms with van der Waals surface area (Å²) in [5.74, 6) is 1.73. The number of benzene rings is 1. The van der Waals surface area contributed by atoms with Gasteiger partial charge >= 0.3 is 0 Å². The number of nitrogens with zero attached hydrogens (tertiary/aromatic N) is 1. The number of hydrogen-bond acceptors (Lipinski definition) is 2. The summed E-state index contributed by atoms with van der Waals surface area (Å²) >= 11 is 5.63. The van der Waals surface area contributed by atoms with Gasteiger partial charge in [0.1, 0.15) is 10.7 Å². The summed E-state index contributed by atoms with van der Waals surface area (Å²) < 4.78 is 5.66. The highest BCUT2D eigenvalue weighted by Crippen LogP contribution is 2.24. The second-order valence-corrected chi connectivity index (χ2v) is 5.29.